The van der Waals surface area contributed by atoms with Crippen molar-refractivity contribution in [1.29, 1.82) is 0 Å². The molecule has 0 aromatic carbocycles. The first kappa shape index (κ1) is 15.1. The van der Waals surface area contributed by atoms with Crippen molar-refractivity contribution in [3.63, 3.8) is 0 Å². The van der Waals surface area contributed by atoms with Crippen LogP contribution < -0.4 is 0 Å². The van der Waals surface area contributed by atoms with E-state index in [1.807, 2.05) is 13.8 Å². The van der Waals surface area contributed by atoms with Crippen LogP contribution >= 0.6 is 0 Å². The van der Waals surface area contributed by atoms with Gasteiger partial charge in [0.1, 0.15) is 0 Å². The largest absolute Gasteiger partial charge is 0.304 e. The first-order chi connectivity index (χ1) is 6.20. The average molecular weight is 186 g/mol. The molecule has 1 unspecified atom stereocenters. The first-order valence-electron chi connectivity index (χ1n) is 5.09. The monoisotopic (exact) mass is 186 g/mol. The first-order valence-corrected chi connectivity index (χ1v) is 5.09. The molecule has 0 aromatic heterocycles. The Morgan fingerprint density at radius 3 is 1.85 bits per heavy atom. The van der Waals surface area contributed by atoms with Gasteiger partial charge in [-0.2, -0.15) is 0 Å². The van der Waals surface area contributed by atoms with E-state index in [9.17, 15) is 0 Å². The lowest BCUT2D eigenvalue weighted by Crippen LogP contribution is -2.48. The number of nitrogens with zero attached hydrogens (tertiary/aromatic N) is 2. The SMILES string of the molecule is C=C.CC.CC1CN(C)CCN1C. The summed E-state index contributed by atoms with van der Waals surface area (Å²) in [4.78, 5) is 4.78. The molecule has 0 bridgehead atoms. The highest BCUT2D eigenvalue weighted by molar-refractivity contribution is 4.73. The predicted octanol–water partition coefficient (Wildman–Crippen LogP) is 2.08. The second-order valence-electron chi connectivity index (χ2n) is 3.09. The summed E-state index contributed by atoms with van der Waals surface area (Å²) in [5, 5.41) is 0. The van der Waals surface area contributed by atoms with Crippen LogP contribution in [0.5, 0.6) is 0 Å². The summed E-state index contributed by atoms with van der Waals surface area (Å²) >= 11 is 0. The molecule has 0 amide bonds. The fraction of sp³-hybridized carbons (Fsp3) is 0.818. The Morgan fingerprint density at radius 2 is 1.54 bits per heavy atom. The maximum atomic E-state index is 3.00. The molecule has 0 spiro atoms. The van der Waals surface area contributed by atoms with Crippen molar-refractivity contribution in [2.45, 2.75) is 26.8 Å². The third kappa shape index (κ3) is 6.79. The summed E-state index contributed by atoms with van der Waals surface area (Å²) in [5.41, 5.74) is 0. The molecule has 0 aliphatic carbocycles. The van der Waals surface area contributed by atoms with Gasteiger partial charge in [0.25, 0.3) is 0 Å². The number of hydrogen-bond donors (Lipinski definition) is 0. The minimum Gasteiger partial charge on any atom is -0.304 e. The van der Waals surface area contributed by atoms with E-state index in [2.05, 4.69) is 44.0 Å². The smallest absolute Gasteiger partial charge is 0.0192 e. The van der Waals surface area contributed by atoms with Gasteiger partial charge in [-0.3, -0.25) is 0 Å². The molecule has 2 nitrogen and oxygen atoms in total. The zero-order valence-electron chi connectivity index (χ0n) is 10.0. The Balaban J connectivity index is 0. The van der Waals surface area contributed by atoms with Gasteiger partial charge in [0.05, 0.1) is 0 Å². The van der Waals surface area contributed by atoms with Crippen molar-refractivity contribution < 1.29 is 0 Å². The Bertz CT molecular complexity index is 104. The molecule has 1 aliphatic rings. The molecular formula is C11H26N2. The van der Waals surface area contributed by atoms with Crippen LogP contribution in [0.2, 0.25) is 0 Å². The Kier molecular flexibility index (Phi) is 11.4. The highest BCUT2D eigenvalue weighted by Crippen LogP contribution is 2.03. The second-order valence-corrected chi connectivity index (χ2v) is 3.09. The minimum atomic E-state index is 0.740. The van der Waals surface area contributed by atoms with Crippen molar-refractivity contribution in [1.82, 2.24) is 9.80 Å². The Morgan fingerprint density at radius 1 is 1.08 bits per heavy atom. The fourth-order valence-corrected chi connectivity index (χ4v) is 1.23. The summed E-state index contributed by atoms with van der Waals surface area (Å²) in [7, 11) is 4.38. The van der Waals surface area contributed by atoms with Crippen LogP contribution in [0.15, 0.2) is 13.2 Å². The van der Waals surface area contributed by atoms with E-state index in [4.69, 9.17) is 0 Å². The lowest BCUT2D eigenvalue weighted by atomic mass is 10.2. The van der Waals surface area contributed by atoms with E-state index in [1.54, 1.807) is 0 Å². The summed E-state index contributed by atoms with van der Waals surface area (Å²) in [6.07, 6.45) is 0. The van der Waals surface area contributed by atoms with Crippen LogP contribution in [0.3, 0.4) is 0 Å². The van der Waals surface area contributed by atoms with Gasteiger partial charge in [0.15, 0.2) is 0 Å². The quantitative estimate of drug-likeness (QED) is 0.534. The normalized spacial score (nSPS) is 23.6. The maximum absolute atomic E-state index is 3.00. The number of rotatable bonds is 0. The van der Waals surface area contributed by atoms with Crippen LogP contribution in [0.25, 0.3) is 0 Å². The molecule has 1 heterocycles. The highest BCUT2D eigenvalue weighted by atomic mass is 15.3. The summed E-state index contributed by atoms with van der Waals surface area (Å²) in [6, 6.07) is 0.740. The molecule has 80 valence electrons. The third-order valence-corrected chi connectivity index (χ3v) is 2.16. The zero-order valence-corrected chi connectivity index (χ0v) is 10.0. The van der Waals surface area contributed by atoms with E-state index >= 15 is 0 Å². The molecule has 0 N–H and O–H groups in total. The van der Waals surface area contributed by atoms with Gasteiger partial charge >= 0.3 is 0 Å². The van der Waals surface area contributed by atoms with Crippen molar-refractivity contribution in [2.75, 3.05) is 33.7 Å². The molecule has 1 fully saturated rings. The van der Waals surface area contributed by atoms with Crippen LogP contribution in [-0.4, -0.2) is 49.6 Å². The van der Waals surface area contributed by atoms with Crippen LogP contribution in [-0.2, 0) is 0 Å². The van der Waals surface area contributed by atoms with Gasteiger partial charge in [-0.1, -0.05) is 13.8 Å². The molecule has 1 rings (SSSR count). The summed E-state index contributed by atoms with van der Waals surface area (Å²) in [5.74, 6) is 0. The van der Waals surface area contributed by atoms with Crippen molar-refractivity contribution in [2.24, 2.45) is 0 Å². The van der Waals surface area contributed by atoms with E-state index in [1.165, 1.54) is 19.6 Å². The molecule has 13 heavy (non-hydrogen) atoms. The van der Waals surface area contributed by atoms with Crippen LogP contribution in [0.4, 0.5) is 0 Å². The van der Waals surface area contributed by atoms with Crippen LogP contribution in [0.1, 0.15) is 20.8 Å². The summed E-state index contributed by atoms with van der Waals surface area (Å²) < 4.78 is 0. The van der Waals surface area contributed by atoms with Gasteiger partial charge in [-0.05, 0) is 21.0 Å². The van der Waals surface area contributed by atoms with E-state index in [-0.39, 0.29) is 0 Å². The molecule has 0 saturated carbocycles. The molecule has 2 heteroatoms. The van der Waals surface area contributed by atoms with Crippen molar-refractivity contribution >= 4 is 0 Å². The van der Waals surface area contributed by atoms with Gasteiger partial charge in [-0.15, -0.1) is 13.2 Å². The molecular weight excluding hydrogens is 160 g/mol. The van der Waals surface area contributed by atoms with E-state index in [0.29, 0.717) is 0 Å². The molecule has 1 saturated heterocycles. The van der Waals surface area contributed by atoms with E-state index < -0.39 is 0 Å². The third-order valence-electron chi connectivity index (χ3n) is 2.16. The predicted molar refractivity (Wildman–Crippen MR) is 62.2 cm³/mol. The number of piperazine rings is 1. The zero-order chi connectivity index (χ0) is 10.9. The average Bonchev–Trinajstić information content (AvgIpc) is 2.18. The topological polar surface area (TPSA) is 6.48 Å². The molecule has 0 aromatic rings. The Hall–Kier alpha value is -0.340. The lowest BCUT2D eigenvalue weighted by Gasteiger charge is -2.35. The minimum absolute atomic E-state index is 0.740. The molecule has 1 atom stereocenters. The van der Waals surface area contributed by atoms with Gasteiger partial charge in [-0.25, -0.2) is 0 Å². The number of hydrogen-bond acceptors (Lipinski definition) is 2. The van der Waals surface area contributed by atoms with Crippen LogP contribution in [0, 0.1) is 0 Å². The van der Waals surface area contributed by atoms with Gasteiger partial charge in [0.2, 0.25) is 0 Å². The molecule has 1 aliphatic heterocycles. The Labute approximate surface area is 84.2 Å². The molecule has 0 radical (unpaired) electrons. The second kappa shape index (κ2) is 9.75. The number of likely N-dealkylation sites (N-methyl/N-ethyl adjacent to an activating group) is 2. The standard InChI is InChI=1S/C7H16N2.C2H6.C2H4/c1-7-6-8(2)4-5-9(7)3;2*1-2/h7H,4-6H2,1-3H3;1-2H3;1-2H2. The lowest BCUT2D eigenvalue weighted by molar-refractivity contribution is 0.125. The summed E-state index contributed by atoms with van der Waals surface area (Å²) in [6.45, 7) is 15.9. The maximum Gasteiger partial charge on any atom is 0.0192 e. The highest BCUT2D eigenvalue weighted by Gasteiger charge is 2.16. The van der Waals surface area contributed by atoms with Crippen molar-refractivity contribution in [3.8, 4) is 0 Å². The fourth-order valence-electron chi connectivity index (χ4n) is 1.23. The van der Waals surface area contributed by atoms with E-state index in [0.717, 1.165) is 6.04 Å². The van der Waals surface area contributed by atoms with Gasteiger partial charge < -0.3 is 9.80 Å². The van der Waals surface area contributed by atoms with Crippen molar-refractivity contribution in [3.05, 3.63) is 13.2 Å². The van der Waals surface area contributed by atoms with Gasteiger partial charge in [0, 0.05) is 25.7 Å².